The molecule has 1 amide bonds. The number of amides is 1. The predicted octanol–water partition coefficient (Wildman–Crippen LogP) is 2.36. The van der Waals surface area contributed by atoms with Gasteiger partial charge in [0.15, 0.2) is 5.82 Å². The second-order valence-corrected chi connectivity index (χ2v) is 7.09. The Labute approximate surface area is 168 Å². The Morgan fingerprint density at radius 3 is 2.66 bits per heavy atom. The lowest BCUT2D eigenvalue weighted by Crippen LogP contribution is -2.50. The van der Waals surface area contributed by atoms with E-state index in [1.54, 1.807) is 41.0 Å². The molecule has 0 unspecified atom stereocenters. The molecule has 29 heavy (non-hydrogen) atoms. The van der Waals surface area contributed by atoms with Crippen LogP contribution in [-0.2, 0) is 7.05 Å². The SMILES string of the molecule is CCC[C@@H](NN(c1ccc(C(N)=O)cn1)c1ccc2c(cnn2C)c1F)[C@H](C)N. The van der Waals surface area contributed by atoms with E-state index in [4.69, 9.17) is 11.5 Å². The Balaban J connectivity index is 2.09. The molecule has 2 aromatic heterocycles. The first-order valence-corrected chi connectivity index (χ1v) is 9.51. The molecule has 0 aliphatic heterocycles. The number of halogens is 1. The minimum absolute atomic E-state index is 0.110. The van der Waals surface area contributed by atoms with Crippen LogP contribution in [-0.4, -0.2) is 32.8 Å². The first-order chi connectivity index (χ1) is 13.8. The van der Waals surface area contributed by atoms with E-state index < -0.39 is 11.7 Å². The van der Waals surface area contributed by atoms with Crippen LogP contribution in [0.5, 0.6) is 0 Å². The average Bonchev–Trinajstić information content (AvgIpc) is 3.07. The van der Waals surface area contributed by atoms with Crippen LogP contribution in [0.4, 0.5) is 15.9 Å². The standard InChI is InChI=1S/C20H26FN7O/c1-4-5-15(12(2)22)26-28(18-9-6-13(10-24-18)20(23)29)17-8-7-16-14(19(17)21)11-25-27(16)3/h6-12,15,26H,4-5,22H2,1-3H3,(H2,23,29)/t12-,15+/m0/s1. The molecule has 0 saturated heterocycles. The Kier molecular flexibility index (Phi) is 6.09. The molecule has 0 fully saturated rings. The molecule has 2 heterocycles. The van der Waals surface area contributed by atoms with Gasteiger partial charge < -0.3 is 11.5 Å². The molecule has 0 aliphatic rings. The van der Waals surface area contributed by atoms with Crippen LogP contribution in [0.15, 0.2) is 36.7 Å². The molecule has 3 aromatic rings. The van der Waals surface area contributed by atoms with E-state index in [1.165, 1.54) is 12.4 Å². The lowest BCUT2D eigenvalue weighted by Gasteiger charge is -2.32. The topological polar surface area (TPSA) is 115 Å². The highest BCUT2D eigenvalue weighted by molar-refractivity contribution is 5.92. The third kappa shape index (κ3) is 4.20. The second kappa shape index (κ2) is 8.54. The zero-order chi connectivity index (χ0) is 21.1. The number of nitrogens with two attached hydrogens (primary N) is 2. The van der Waals surface area contributed by atoms with Crippen LogP contribution in [0.25, 0.3) is 10.9 Å². The number of hydrogen-bond donors (Lipinski definition) is 3. The fourth-order valence-electron chi connectivity index (χ4n) is 3.20. The largest absolute Gasteiger partial charge is 0.366 e. The third-order valence-electron chi connectivity index (χ3n) is 4.88. The zero-order valence-corrected chi connectivity index (χ0v) is 16.8. The van der Waals surface area contributed by atoms with Gasteiger partial charge in [-0.05, 0) is 37.6 Å². The van der Waals surface area contributed by atoms with Crippen molar-refractivity contribution in [1.82, 2.24) is 20.2 Å². The molecule has 8 nitrogen and oxygen atoms in total. The van der Waals surface area contributed by atoms with E-state index in [9.17, 15) is 4.79 Å². The Bertz CT molecular complexity index is 1000. The van der Waals surface area contributed by atoms with Crippen molar-refractivity contribution in [3.05, 3.63) is 48.0 Å². The van der Waals surface area contributed by atoms with Crippen molar-refractivity contribution >= 4 is 28.3 Å². The molecule has 0 saturated carbocycles. The molecule has 0 radical (unpaired) electrons. The van der Waals surface area contributed by atoms with Crippen molar-refractivity contribution in [1.29, 1.82) is 0 Å². The number of aromatic nitrogens is 3. The summed E-state index contributed by atoms with van der Waals surface area (Å²) in [5.74, 6) is -0.589. The minimum Gasteiger partial charge on any atom is -0.366 e. The van der Waals surface area contributed by atoms with Gasteiger partial charge in [0.2, 0.25) is 5.91 Å². The number of anilines is 2. The smallest absolute Gasteiger partial charge is 0.250 e. The Morgan fingerprint density at radius 1 is 1.31 bits per heavy atom. The summed E-state index contributed by atoms with van der Waals surface area (Å²) in [4.78, 5) is 15.7. The van der Waals surface area contributed by atoms with Crippen molar-refractivity contribution < 1.29 is 9.18 Å². The molecule has 5 N–H and O–H groups in total. The minimum atomic E-state index is -0.578. The van der Waals surface area contributed by atoms with Gasteiger partial charge in [-0.3, -0.25) is 14.5 Å². The average molecular weight is 399 g/mol. The highest BCUT2D eigenvalue weighted by atomic mass is 19.1. The van der Waals surface area contributed by atoms with Gasteiger partial charge in [-0.2, -0.15) is 5.10 Å². The van der Waals surface area contributed by atoms with Crippen LogP contribution in [0.2, 0.25) is 0 Å². The number of fused-ring (bicyclic) bond motifs is 1. The molecule has 1 aromatic carbocycles. The number of pyridine rings is 1. The Hall–Kier alpha value is -3.04. The van der Waals surface area contributed by atoms with E-state index in [0.717, 1.165) is 12.8 Å². The van der Waals surface area contributed by atoms with Gasteiger partial charge in [0, 0.05) is 25.3 Å². The summed E-state index contributed by atoms with van der Waals surface area (Å²) >= 11 is 0. The summed E-state index contributed by atoms with van der Waals surface area (Å²) in [7, 11) is 1.76. The van der Waals surface area contributed by atoms with Gasteiger partial charge in [0.05, 0.1) is 28.4 Å². The fourth-order valence-corrected chi connectivity index (χ4v) is 3.20. The van der Waals surface area contributed by atoms with E-state index in [2.05, 4.69) is 22.4 Å². The maximum Gasteiger partial charge on any atom is 0.250 e. The molecule has 0 bridgehead atoms. The van der Waals surface area contributed by atoms with Gasteiger partial charge >= 0.3 is 0 Å². The zero-order valence-electron chi connectivity index (χ0n) is 16.8. The monoisotopic (exact) mass is 399 g/mol. The fraction of sp³-hybridized carbons (Fsp3) is 0.350. The van der Waals surface area contributed by atoms with E-state index in [1.807, 2.05) is 6.92 Å². The number of rotatable bonds is 8. The molecule has 3 rings (SSSR count). The molecule has 0 aliphatic carbocycles. The number of carbonyl (C=O) groups is 1. The molecular weight excluding hydrogens is 373 g/mol. The van der Waals surface area contributed by atoms with E-state index in [-0.39, 0.29) is 23.3 Å². The second-order valence-electron chi connectivity index (χ2n) is 7.09. The quantitative estimate of drug-likeness (QED) is 0.501. The molecule has 0 spiro atoms. The number of nitrogens with zero attached hydrogens (tertiary/aromatic N) is 4. The van der Waals surface area contributed by atoms with Gasteiger partial charge in [-0.1, -0.05) is 13.3 Å². The van der Waals surface area contributed by atoms with Crippen molar-refractivity contribution in [2.75, 3.05) is 5.01 Å². The molecule has 2 atom stereocenters. The normalized spacial score (nSPS) is 13.4. The van der Waals surface area contributed by atoms with Crippen molar-refractivity contribution in [3.8, 4) is 0 Å². The number of aryl methyl sites for hydroxylation is 1. The molecular formula is C20H26FN7O. The van der Waals surface area contributed by atoms with Crippen LogP contribution >= 0.6 is 0 Å². The maximum absolute atomic E-state index is 15.4. The van der Waals surface area contributed by atoms with Gasteiger partial charge in [-0.25, -0.2) is 14.8 Å². The first kappa shape index (κ1) is 20.7. The van der Waals surface area contributed by atoms with Gasteiger partial charge in [0.25, 0.3) is 0 Å². The number of primary amides is 1. The summed E-state index contributed by atoms with van der Waals surface area (Å²) < 4.78 is 17.0. The lowest BCUT2D eigenvalue weighted by molar-refractivity contribution is 0.1000. The molecule has 9 heteroatoms. The van der Waals surface area contributed by atoms with E-state index in [0.29, 0.717) is 16.7 Å². The lowest BCUT2D eigenvalue weighted by atomic mass is 10.1. The number of hydrazine groups is 1. The van der Waals surface area contributed by atoms with Crippen LogP contribution < -0.4 is 21.9 Å². The third-order valence-corrected chi connectivity index (χ3v) is 4.88. The molecule has 154 valence electrons. The van der Waals surface area contributed by atoms with Crippen molar-refractivity contribution in [2.24, 2.45) is 18.5 Å². The van der Waals surface area contributed by atoms with Gasteiger partial charge in [0.1, 0.15) is 5.82 Å². The summed E-state index contributed by atoms with van der Waals surface area (Å²) in [5, 5.41) is 6.10. The van der Waals surface area contributed by atoms with Crippen LogP contribution in [0, 0.1) is 5.82 Å². The van der Waals surface area contributed by atoms with Crippen LogP contribution in [0.1, 0.15) is 37.0 Å². The highest BCUT2D eigenvalue weighted by Gasteiger charge is 2.23. The highest BCUT2D eigenvalue weighted by Crippen LogP contribution is 2.30. The summed E-state index contributed by atoms with van der Waals surface area (Å²) in [6, 6.07) is 6.35. The predicted molar refractivity (Wildman–Crippen MR) is 111 cm³/mol. The van der Waals surface area contributed by atoms with E-state index >= 15 is 4.39 Å². The number of hydrogen-bond acceptors (Lipinski definition) is 6. The summed E-state index contributed by atoms with van der Waals surface area (Å²) in [6.07, 6.45) is 4.56. The number of benzene rings is 1. The number of nitrogens with one attached hydrogen (secondary N) is 1. The van der Waals surface area contributed by atoms with Gasteiger partial charge in [-0.15, -0.1) is 0 Å². The van der Waals surface area contributed by atoms with Crippen LogP contribution in [0.3, 0.4) is 0 Å². The van der Waals surface area contributed by atoms with Crippen molar-refractivity contribution in [3.63, 3.8) is 0 Å². The first-order valence-electron chi connectivity index (χ1n) is 9.51. The maximum atomic E-state index is 15.4. The Morgan fingerprint density at radius 2 is 2.07 bits per heavy atom. The summed E-state index contributed by atoms with van der Waals surface area (Å²) in [6.45, 7) is 3.96. The van der Waals surface area contributed by atoms with Crippen molar-refractivity contribution in [2.45, 2.75) is 38.8 Å². The summed E-state index contributed by atoms with van der Waals surface area (Å²) in [5.41, 5.74) is 16.0. The number of carbonyl (C=O) groups excluding carboxylic acids is 1.